The van der Waals surface area contributed by atoms with Crippen LogP contribution in [0.1, 0.15) is 11.1 Å². The molecule has 1 heterocycles. The number of nitro benzene ring substituents is 1. The Morgan fingerprint density at radius 3 is 2.86 bits per heavy atom. The Bertz CT molecular complexity index is 703. The van der Waals surface area contributed by atoms with E-state index < -0.39 is 4.92 Å². The molecule has 0 saturated carbocycles. The Morgan fingerprint density at radius 2 is 2.10 bits per heavy atom. The largest absolute Gasteiger partial charge is 0.354 e. The first kappa shape index (κ1) is 13.9. The van der Waals surface area contributed by atoms with Gasteiger partial charge in [-0.3, -0.25) is 10.1 Å². The van der Waals surface area contributed by atoms with E-state index >= 15 is 0 Å². The highest BCUT2D eigenvalue weighted by atomic mass is 35.5. The van der Waals surface area contributed by atoms with Crippen LogP contribution in [0.4, 0.5) is 17.1 Å². The molecule has 2 N–H and O–H groups in total. The Balaban J connectivity index is 1.92. The fraction of sp³-hybridized carbons (Fsp3) is 0.200. The Hall–Kier alpha value is -2.11. The third kappa shape index (κ3) is 2.84. The Morgan fingerprint density at radius 1 is 1.24 bits per heavy atom. The van der Waals surface area contributed by atoms with Gasteiger partial charge in [-0.25, -0.2) is 0 Å². The predicted molar refractivity (Wildman–Crippen MR) is 83.2 cm³/mol. The molecule has 0 aliphatic carbocycles. The lowest BCUT2D eigenvalue weighted by atomic mass is 9.99. The minimum Gasteiger partial charge on any atom is -0.354 e. The number of nitro groups is 1. The Kier molecular flexibility index (Phi) is 3.77. The fourth-order valence-corrected chi connectivity index (χ4v) is 2.74. The molecule has 5 nitrogen and oxygen atoms in total. The second kappa shape index (κ2) is 5.71. The molecule has 6 heteroatoms. The van der Waals surface area contributed by atoms with Gasteiger partial charge in [0, 0.05) is 24.4 Å². The van der Waals surface area contributed by atoms with Gasteiger partial charge in [-0.15, -0.1) is 0 Å². The maximum Gasteiger partial charge on any atom is 0.271 e. The molecular formula is C15H14ClN3O2. The average Bonchev–Trinajstić information content (AvgIpc) is 2.49. The van der Waals surface area contributed by atoms with Crippen LogP contribution in [0, 0.1) is 10.1 Å². The second-order valence-electron chi connectivity index (χ2n) is 4.92. The van der Waals surface area contributed by atoms with E-state index in [1.807, 2.05) is 12.1 Å². The fourth-order valence-electron chi connectivity index (χ4n) is 2.51. The van der Waals surface area contributed by atoms with Gasteiger partial charge >= 0.3 is 0 Å². The van der Waals surface area contributed by atoms with Crippen molar-refractivity contribution < 1.29 is 4.92 Å². The lowest BCUT2D eigenvalue weighted by Crippen LogP contribution is -2.24. The summed E-state index contributed by atoms with van der Waals surface area (Å²) in [5, 5.41) is 17.7. The molecule has 0 bridgehead atoms. The van der Waals surface area contributed by atoms with Crippen LogP contribution in [0.2, 0.25) is 5.02 Å². The molecule has 0 amide bonds. The zero-order valence-electron chi connectivity index (χ0n) is 11.2. The summed E-state index contributed by atoms with van der Waals surface area (Å²) in [5.41, 5.74) is 4.21. The molecule has 0 atom stereocenters. The van der Waals surface area contributed by atoms with Crippen LogP contribution in [0.3, 0.4) is 0 Å². The number of halogens is 1. The molecule has 0 fully saturated rings. The van der Waals surface area contributed by atoms with E-state index in [1.165, 1.54) is 23.3 Å². The summed E-state index contributed by atoms with van der Waals surface area (Å²) in [5.74, 6) is 0. The zero-order valence-corrected chi connectivity index (χ0v) is 12.0. The van der Waals surface area contributed by atoms with E-state index in [4.69, 9.17) is 11.6 Å². The van der Waals surface area contributed by atoms with Crippen molar-refractivity contribution in [3.05, 3.63) is 62.7 Å². The number of non-ortho nitro benzene ring substituents is 1. The van der Waals surface area contributed by atoms with Gasteiger partial charge in [0.1, 0.15) is 0 Å². The van der Waals surface area contributed by atoms with Gasteiger partial charge in [-0.05, 0) is 36.2 Å². The number of hydrogen-bond donors (Lipinski definition) is 2. The van der Waals surface area contributed by atoms with Crippen LogP contribution in [0.25, 0.3) is 0 Å². The number of benzene rings is 2. The minimum atomic E-state index is -0.453. The van der Waals surface area contributed by atoms with Crippen molar-refractivity contribution in [3.8, 4) is 0 Å². The van der Waals surface area contributed by atoms with Crippen LogP contribution >= 0.6 is 11.6 Å². The van der Waals surface area contributed by atoms with Gasteiger partial charge in [0.05, 0.1) is 15.6 Å². The van der Waals surface area contributed by atoms with Crippen LogP contribution in [0.15, 0.2) is 36.4 Å². The first-order valence-electron chi connectivity index (χ1n) is 6.67. The van der Waals surface area contributed by atoms with Crippen molar-refractivity contribution in [3.63, 3.8) is 0 Å². The van der Waals surface area contributed by atoms with E-state index in [9.17, 15) is 10.1 Å². The molecule has 1 aliphatic heterocycles. The van der Waals surface area contributed by atoms with Crippen LogP contribution in [-0.4, -0.2) is 11.5 Å². The third-order valence-electron chi connectivity index (χ3n) is 3.57. The number of hydrogen-bond acceptors (Lipinski definition) is 4. The van der Waals surface area contributed by atoms with E-state index in [0.717, 1.165) is 25.2 Å². The quantitative estimate of drug-likeness (QED) is 0.671. The highest BCUT2D eigenvalue weighted by molar-refractivity contribution is 6.33. The monoisotopic (exact) mass is 303 g/mol. The van der Waals surface area contributed by atoms with Crippen molar-refractivity contribution in [2.24, 2.45) is 0 Å². The highest BCUT2D eigenvalue weighted by Gasteiger charge is 2.14. The van der Waals surface area contributed by atoms with E-state index in [2.05, 4.69) is 16.7 Å². The molecule has 1 aliphatic rings. The average molecular weight is 304 g/mol. The summed E-state index contributed by atoms with van der Waals surface area (Å²) in [6.07, 6.45) is 0.948. The summed E-state index contributed by atoms with van der Waals surface area (Å²) in [7, 11) is 0. The van der Waals surface area contributed by atoms with Crippen LogP contribution in [0.5, 0.6) is 0 Å². The molecule has 21 heavy (non-hydrogen) atoms. The first-order chi connectivity index (χ1) is 10.1. The van der Waals surface area contributed by atoms with Crippen molar-refractivity contribution in [2.45, 2.75) is 13.0 Å². The molecule has 108 valence electrons. The van der Waals surface area contributed by atoms with E-state index in [-0.39, 0.29) is 5.69 Å². The Labute approximate surface area is 127 Å². The van der Waals surface area contributed by atoms with E-state index in [1.54, 1.807) is 6.07 Å². The van der Waals surface area contributed by atoms with Gasteiger partial charge in [0.2, 0.25) is 0 Å². The molecule has 0 aromatic heterocycles. The lowest BCUT2D eigenvalue weighted by Gasteiger charge is -2.21. The smallest absolute Gasteiger partial charge is 0.271 e. The van der Waals surface area contributed by atoms with Gasteiger partial charge < -0.3 is 10.6 Å². The lowest BCUT2D eigenvalue weighted by molar-refractivity contribution is -0.384. The van der Waals surface area contributed by atoms with Gasteiger partial charge in [0.25, 0.3) is 5.69 Å². The highest BCUT2D eigenvalue weighted by Crippen LogP contribution is 2.32. The van der Waals surface area contributed by atoms with Gasteiger partial charge in [-0.1, -0.05) is 23.7 Å². The first-order valence-corrected chi connectivity index (χ1v) is 7.05. The molecule has 3 rings (SSSR count). The summed E-state index contributed by atoms with van der Waals surface area (Å²) in [6, 6.07) is 10.5. The van der Waals surface area contributed by atoms with Gasteiger partial charge in [0.15, 0.2) is 0 Å². The normalized spacial score (nSPS) is 13.6. The maximum absolute atomic E-state index is 10.7. The zero-order chi connectivity index (χ0) is 14.8. The summed E-state index contributed by atoms with van der Waals surface area (Å²) in [6.45, 7) is 1.80. The SMILES string of the molecule is O=[N+]([O-])c1ccc(Nc2cccc3c2CCNC3)c(Cl)c1. The summed E-state index contributed by atoms with van der Waals surface area (Å²) in [4.78, 5) is 10.3. The molecule has 0 radical (unpaired) electrons. The topological polar surface area (TPSA) is 67.2 Å². The standard InChI is InChI=1S/C15H14ClN3O2/c16-13-8-11(19(20)21)4-5-15(13)18-14-3-1-2-10-9-17-7-6-12(10)14/h1-5,8,17-18H,6-7,9H2. The van der Waals surface area contributed by atoms with Crippen molar-refractivity contribution >= 4 is 28.7 Å². The minimum absolute atomic E-state index is 0.00941. The third-order valence-corrected chi connectivity index (χ3v) is 3.89. The number of nitrogens with one attached hydrogen (secondary N) is 2. The van der Waals surface area contributed by atoms with Gasteiger partial charge in [-0.2, -0.15) is 0 Å². The molecule has 0 spiro atoms. The van der Waals surface area contributed by atoms with Crippen molar-refractivity contribution in [1.29, 1.82) is 0 Å². The van der Waals surface area contributed by atoms with Crippen LogP contribution < -0.4 is 10.6 Å². The van der Waals surface area contributed by atoms with E-state index in [0.29, 0.717) is 10.7 Å². The van der Waals surface area contributed by atoms with Crippen LogP contribution in [-0.2, 0) is 13.0 Å². The molecule has 0 unspecified atom stereocenters. The number of fused-ring (bicyclic) bond motifs is 1. The molecule has 0 saturated heterocycles. The second-order valence-corrected chi connectivity index (χ2v) is 5.32. The van der Waals surface area contributed by atoms with Crippen molar-refractivity contribution in [1.82, 2.24) is 5.32 Å². The number of rotatable bonds is 3. The molecule has 2 aromatic carbocycles. The number of nitrogens with zero attached hydrogens (tertiary/aromatic N) is 1. The predicted octanol–water partition coefficient (Wildman–Crippen LogP) is 3.64. The molecule has 2 aromatic rings. The number of anilines is 2. The summed E-state index contributed by atoms with van der Waals surface area (Å²) >= 11 is 6.13. The summed E-state index contributed by atoms with van der Waals surface area (Å²) < 4.78 is 0. The molecular weight excluding hydrogens is 290 g/mol. The van der Waals surface area contributed by atoms with Crippen molar-refractivity contribution in [2.75, 3.05) is 11.9 Å². The maximum atomic E-state index is 10.7.